The molecule has 5 heteroatoms. The molecule has 0 aliphatic rings. The van der Waals surface area contributed by atoms with Gasteiger partial charge in [-0.05, 0) is 18.6 Å². The van der Waals surface area contributed by atoms with Gasteiger partial charge in [-0.25, -0.2) is 4.79 Å². The summed E-state index contributed by atoms with van der Waals surface area (Å²) in [6.07, 6.45) is 3.84. The van der Waals surface area contributed by atoms with E-state index in [-0.39, 0.29) is 5.56 Å². The van der Waals surface area contributed by atoms with Crippen molar-refractivity contribution in [3.63, 3.8) is 0 Å². The molecule has 0 spiro atoms. The number of carbonyl (C=O) groups is 1. The first-order chi connectivity index (χ1) is 7.74. The average molecular weight is 217 g/mol. The lowest BCUT2D eigenvalue weighted by Gasteiger charge is -1.99. The third kappa shape index (κ3) is 1.67. The van der Waals surface area contributed by atoms with Crippen molar-refractivity contribution in [2.75, 3.05) is 0 Å². The Kier molecular flexibility index (Phi) is 2.68. The lowest BCUT2D eigenvalue weighted by atomic mass is 10.1. The fraction of sp³-hybridized carbons (Fsp3) is 0.182. The highest BCUT2D eigenvalue weighted by atomic mass is 16.4. The van der Waals surface area contributed by atoms with Gasteiger partial charge in [0.05, 0.1) is 5.69 Å². The standard InChI is InChI=1S/C11H11N3O2/c1-2-8-9(11(15)16)10(14-13-8)7-3-5-12-6-4-7/h3-6H,2H2,1H3,(H,13,14)(H,15,16). The summed E-state index contributed by atoms with van der Waals surface area (Å²) in [5.74, 6) is -0.961. The van der Waals surface area contributed by atoms with Gasteiger partial charge < -0.3 is 5.11 Å². The fourth-order valence-corrected chi connectivity index (χ4v) is 1.58. The predicted octanol–water partition coefficient (Wildman–Crippen LogP) is 1.73. The van der Waals surface area contributed by atoms with Crippen LogP contribution < -0.4 is 0 Å². The van der Waals surface area contributed by atoms with Crippen molar-refractivity contribution in [2.45, 2.75) is 13.3 Å². The van der Waals surface area contributed by atoms with E-state index < -0.39 is 5.97 Å². The average Bonchev–Trinajstić information content (AvgIpc) is 2.73. The second kappa shape index (κ2) is 4.14. The summed E-state index contributed by atoms with van der Waals surface area (Å²) in [7, 11) is 0. The Morgan fingerprint density at radius 3 is 2.69 bits per heavy atom. The zero-order chi connectivity index (χ0) is 11.5. The molecular formula is C11H11N3O2. The summed E-state index contributed by atoms with van der Waals surface area (Å²) < 4.78 is 0. The van der Waals surface area contributed by atoms with E-state index in [2.05, 4.69) is 15.2 Å². The van der Waals surface area contributed by atoms with Crippen LogP contribution in [0.4, 0.5) is 0 Å². The van der Waals surface area contributed by atoms with Crippen LogP contribution in [0.3, 0.4) is 0 Å². The van der Waals surface area contributed by atoms with Gasteiger partial charge in [-0.15, -0.1) is 0 Å². The largest absolute Gasteiger partial charge is 0.478 e. The molecule has 0 amide bonds. The summed E-state index contributed by atoms with van der Waals surface area (Å²) in [6, 6.07) is 3.48. The fourth-order valence-electron chi connectivity index (χ4n) is 1.58. The van der Waals surface area contributed by atoms with Crippen LogP contribution >= 0.6 is 0 Å². The third-order valence-electron chi connectivity index (χ3n) is 2.36. The van der Waals surface area contributed by atoms with Gasteiger partial charge in [-0.3, -0.25) is 10.1 Å². The Balaban J connectivity index is 2.58. The third-order valence-corrected chi connectivity index (χ3v) is 2.36. The smallest absolute Gasteiger partial charge is 0.339 e. The number of pyridine rings is 1. The van der Waals surface area contributed by atoms with Crippen LogP contribution in [0.25, 0.3) is 11.3 Å². The molecule has 2 heterocycles. The minimum atomic E-state index is -0.961. The van der Waals surface area contributed by atoms with Crippen LogP contribution in [0.1, 0.15) is 23.0 Å². The molecule has 0 atom stereocenters. The number of hydrogen-bond donors (Lipinski definition) is 2. The molecule has 0 unspecified atom stereocenters. The molecule has 0 aliphatic heterocycles. The number of carboxylic acid groups (broad SMARTS) is 1. The maximum atomic E-state index is 11.2. The zero-order valence-electron chi connectivity index (χ0n) is 8.77. The monoisotopic (exact) mass is 217 g/mol. The van der Waals surface area contributed by atoms with Crippen LogP contribution in [0, 0.1) is 0 Å². The number of hydrogen-bond acceptors (Lipinski definition) is 3. The minimum absolute atomic E-state index is 0.244. The van der Waals surface area contributed by atoms with Crippen molar-refractivity contribution >= 4 is 5.97 Å². The van der Waals surface area contributed by atoms with Crippen LogP contribution in [0.5, 0.6) is 0 Å². The lowest BCUT2D eigenvalue weighted by molar-refractivity contribution is 0.0696. The van der Waals surface area contributed by atoms with E-state index in [0.717, 1.165) is 5.56 Å². The maximum Gasteiger partial charge on any atom is 0.339 e. The maximum absolute atomic E-state index is 11.2. The Hall–Kier alpha value is -2.17. The van der Waals surface area contributed by atoms with Crippen molar-refractivity contribution in [3.8, 4) is 11.3 Å². The van der Waals surface area contributed by atoms with E-state index in [9.17, 15) is 4.79 Å². The van der Waals surface area contributed by atoms with E-state index in [1.807, 2.05) is 6.92 Å². The highest BCUT2D eigenvalue weighted by Crippen LogP contribution is 2.23. The Labute approximate surface area is 92.2 Å². The summed E-state index contributed by atoms with van der Waals surface area (Å²) in [6.45, 7) is 1.89. The van der Waals surface area contributed by atoms with Gasteiger partial charge in [0, 0.05) is 18.0 Å². The van der Waals surface area contributed by atoms with Gasteiger partial charge in [0.1, 0.15) is 11.3 Å². The van der Waals surface area contributed by atoms with E-state index >= 15 is 0 Å². The van der Waals surface area contributed by atoms with Gasteiger partial charge in [-0.2, -0.15) is 5.10 Å². The number of H-pyrrole nitrogens is 1. The second-order valence-corrected chi connectivity index (χ2v) is 3.32. The Morgan fingerprint density at radius 2 is 2.12 bits per heavy atom. The number of carboxylic acids is 1. The number of aromatic carboxylic acids is 1. The van der Waals surface area contributed by atoms with Gasteiger partial charge in [0.15, 0.2) is 0 Å². The van der Waals surface area contributed by atoms with Crippen molar-refractivity contribution in [1.29, 1.82) is 0 Å². The molecule has 2 aromatic rings. The molecule has 0 fully saturated rings. The SMILES string of the molecule is CCc1[nH]nc(-c2ccncc2)c1C(=O)O. The van der Waals surface area contributed by atoms with Gasteiger partial charge in [0.25, 0.3) is 0 Å². The van der Waals surface area contributed by atoms with Crippen LogP contribution in [-0.4, -0.2) is 26.3 Å². The van der Waals surface area contributed by atoms with Crippen molar-refractivity contribution < 1.29 is 9.90 Å². The normalized spacial score (nSPS) is 10.3. The van der Waals surface area contributed by atoms with Crippen molar-refractivity contribution in [3.05, 3.63) is 35.8 Å². The van der Waals surface area contributed by atoms with E-state index in [0.29, 0.717) is 17.8 Å². The van der Waals surface area contributed by atoms with Gasteiger partial charge in [0.2, 0.25) is 0 Å². The molecule has 5 nitrogen and oxygen atoms in total. The molecule has 2 aromatic heterocycles. The predicted molar refractivity (Wildman–Crippen MR) is 58.2 cm³/mol. The number of nitrogens with one attached hydrogen (secondary N) is 1. The number of rotatable bonds is 3. The first-order valence-corrected chi connectivity index (χ1v) is 4.95. The van der Waals surface area contributed by atoms with Crippen LogP contribution in [0.2, 0.25) is 0 Å². The molecule has 2 N–H and O–H groups in total. The molecule has 0 radical (unpaired) electrons. The minimum Gasteiger partial charge on any atom is -0.478 e. The topological polar surface area (TPSA) is 78.9 Å². The first-order valence-electron chi connectivity index (χ1n) is 4.95. The van der Waals surface area contributed by atoms with Crippen LogP contribution in [0.15, 0.2) is 24.5 Å². The van der Waals surface area contributed by atoms with E-state index in [4.69, 9.17) is 5.11 Å². The lowest BCUT2D eigenvalue weighted by Crippen LogP contribution is -2.01. The number of aryl methyl sites for hydroxylation is 1. The molecule has 16 heavy (non-hydrogen) atoms. The number of nitrogens with zero attached hydrogens (tertiary/aromatic N) is 2. The van der Waals surface area contributed by atoms with Gasteiger partial charge in [-0.1, -0.05) is 6.92 Å². The molecule has 0 saturated carbocycles. The summed E-state index contributed by atoms with van der Waals surface area (Å²) >= 11 is 0. The van der Waals surface area contributed by atoms with Gasteiger partial charge >= 0.3 is 5.97 Å². The molecular weight excluding hydrogens is 206 g/mol. The molecule has 0 saturated heterocycles. The van der Waals surface area contributed by atoms with Crippen molar-refractivity contribution in [1.82, 2.24) is 15.2 Å². The first kappa shape index (κ1) is 10.4. The zero-order valence-corrected chi connectivity index (χ0v) is 8.77. The summed E-state index contributed by atoms with van der Waals surface area (Å²) in [4.78, 5) is 15.0. The van der Waals surface area contributed by atoms with Crippen molar-refractivity contribution in [2.24, 2.45) is 0 Å². The second-order valence-electron chi connectivity index (χ2n) is 3.32. The van der Waals surface area contributed by atoms with E-state index in [1.165, 1.54) is 0 Å². The molecule has 0 bridgehead atoms. The Bertz CT molecular complexity index is 505. The highest BCUT2D eigenvalue weighted by molar-refractivity contribution is 5.96. The van der Waals surface area contributed by atoms with Crippen LogP contribution in [-0.2, 0) is 6.42 Å². The summed E-state index contributed by atoms with van der Waals surface area (Å²) in [5.41, 5.74) is 2.10. The quantitative estimate of drug-likeness (QED) is 0.820. The number of aromatic amines is 1. The molecule has 0 aliphatic carbocycles. The highest BCUT2D eigenvalue weighted by Gasteiger charge is 2.19. The molecule has 0 aromatic carbocycles. The molecule has 2 rings (SSSR count). The van der Waals surface area contributed by atoms with E-state index in [1.54, 1.807) is 24.5 Å². The Morgan fingerprint density at radius 1 is 1.44 bits per heavy atom. The summed E-state index contributed by atoms with van der Waals surface area (Å²) in [5, 5.41) is 15.9. The number of aromatic nitrogens is 3. The molecule has 82 valence electrons.